The van der Waals surface area contributed by atoms with E-state index in [4.69, 9.17) is 15.6 Å². The average molecular weight is 334 g/mol. The second-order valence-electron chi connectivity index (χ2n) is 7.40. The first-order valence-corrected chi connectivity index (χ1v) is 8.17. The number of ether oxygens (including phenoxy) is 1. The van der Waals surface area contributed by atoms with Gasteiger partial charge in [-0.1, -0.05) is 12.1 Å². The normalized spacial score (nSPS) is 24.5. The molecule has 1 fully saturated rings. The summed E-state index contributed by atoms with van der Waals surface area (Å²) in [5, 5.41) is 9.01. The predicted molar refractivity (Wildman–Crippen MR) is 91.1 cm³/mol. The van der Waals surface area contributed by atoms with Gasteiger partial charge in [-0.25, -0.2) is 9.59 Å². The van der Waals surface area contributed by atoms with Gasteiger partial charge in [0.05, 0.1) is 5.56 Å². The maximum Gasteiger partial charge on any atom is 0.410 e. The lowest BCUT2D eigenvalue weighted by Crippen LogP contribution is -2.54. The van der Waals surface area contributed by atoms with Gasteiger partial charge in [-0.2, -0.15) is 0 Å². The van der Waals surface area contributed by atoms with Crippen LogP contribution in [0.15, 0.2) is 24.3 Å². The molecule has 1 heterocycles. The lowest BCUT2D eigenvalue weighted by atomic mass is 9.82. The van der Waals surface area contributed by atoms with Gasteiger partial charge in [0.25, 0.3) is 0 Å². The van der Waals surface area contributed by atoms with Crippen molar-refractivity contribution >= 4 is 12.1 Å². The summed E-state index contributed by atoms with van der Waals surface area (Å²) in [6.45, 7) is 7.94. The van der Waals surface area contributed by atoms with Gasteiger partial charge in [0.1, 0.15) is 5.60 Å². The van der Waals surface area contributed by atoms with Gasteiger partial charge < -0.3 is 20.5 Å². The van der Waals surface area contributed by atoms with Crippen LogP contribution in [0.2, 0.25) is 0 Å². The van der Waals surface area contributed by atoms with E-state index in [1.54, 1.807) is 29.2 Å². The first-order valence-electron chi connectivity index (χ1n) is 8.17. The Balaban J connectivity index is 2.21. The summed E-state index contributed by atoms with van der Waals surface area (Å²) >= 11 is 0. The number of piperidine rings is 1. The third-order valence-electron chi connectivity index (χ3n) is 4.28. The minimum absolute atomic E-state index is 0.0455. The van der Waals surface area contributed by atoms with Crippen molar-refractivity contribution in [2.45, 2.75) is 57.7 Å². The number of aromatic carboxylic acids is 1. The molecule has 0 saturated carbocycles. The van der Waals surface area contributed by atoms with Crippen molar-refractivity contribution in [1.82, 2.24) is 4.90 Å². The van der Waals surface area contributed by atoms with Crippen LogP contribution in [0.1, 0.15) is 56.0 Å². The SMILES string of the molecule is CC1C(c2ccc(C(=O)O)cc2)CC(N)CN1C(=O)OC(C)(C)C. The molecule has 6 heteroatoms. The molecule has 3 N–H and O–H groups in total. The van der Waals surface area contributed by atoms with Crippen LogP contribution >= 0.6 is 0 Å². The number of carbonyl (C=O) groups is 2. The Bertz CT molecular complexity index is 606. The molecule has 24 heavy (non-hydrogen) atoms. The number of carboxylic acids is 1. The molecular weight excluding hydrogens is 308 g/mol. The molecule has 132 valence electrons. The van der Waals surface area contributed by atoms with E-state index in [2.05, 4.69) is 0 Å². The molecule has 6 nitrogen and oxygen atoms in total. The number of carboxylic acid groups (broad SMARTS) is 1. The van der Waals surface area contributed by atoms with E-state index >= 15 is 0 Å². The highest BCUT2D eigenvalue weighted by Gasteiger charge is 2.37. The number of benzene rings is 1. The first kappa shape index (κ1) is 18.3. The smallest absolute Gasteiger partial charge is 0.410 e. The molecule has 1 aromatic rings. The van der Waals surface area contributed by atoms with Crippen molar-refractivity contribution in [2.24, 2.45) is 5.73 Å². The highest BCUT2D eigenvalue weighted by Crippen LogP contribution is 2.33. The van der Waals surface area contributed by atoms with Crippen LogP contribution in [-0.2, 0) is 4.74 Å². The number of hydrogen-bond donors (Lipinski definition) is 2. The van der Waals surface area contributed by atoms with Gasteiger partial charge in [-0.3, -0.25) is 0 Å². The van der Waals surface area contributed by atoms with E-state index in [1.807, 2.05) is 27.7 Å². The number of hydrogen-bond acceptors (Lipinski definition) is 4. The summed E-state index contributed by atoms with van der Waals surface area (Å²) in [6, 6.07) is 6.56. The Morgan fingerprint density at radius 2 is 1.83 bits per heavy atom. The number of nitrogens with two attached hydrogens (primary N) is 1. The number of amides is 1. The fourth-order valence-corrected chi connectivity index (χ4v) is 3.08. The largest absolute Gasteiger partial charge is 0.478 e. The van der Waals surface area contributed by atoms with Crippen LogP contribution in [0.4, 0.5) is 4.79 Å². The van der Waals surface area contributed by atoms with Crippen molar-refractivity contribution < 1.29 is 19.4 Å². The van der Waals surface area contributed by atoms with Crippen molar-refractivity contribution in [2.75, 3.05) is 6.54 Å². The van der Waals surface area contributed by atoms with Gasteiger partial charge in [0.15, 0.2) is 0 Å². The molecule has 3 unspecified atom stereocenters. The standard InChI is InChI=1S/C18H26N2O4/c1-11-15(12-5-7-13(8-6-12)16(21)22)9-14(19)10-20(11)17(23)24-18(2,3)4/h5-8,11,14-15H,9-10,19H2,1-4H3,(H,21,22). The second kappa shape index (κ2) is 6.81. The molecule has 1 aliphatic heterocycles. The predicted octanol–water partition coefficient (Wildman–Crippen LogP) is 2.83. The lowest BCUT2D eigenvalue weighted by molar-refractivity contribution is 0.00654. The third-order valence-corrected chi connectivity index (χ3v) is 4.28. The van der Waals surface area contributed by atoms with E-state index in [0.717, 1.165) is 12.0 Å². The maximum absolute atomic E-state index is 12.5. The Hall–Kier alpha value is -2.08. The van der Waals surface area contributed by atoms with E-state index in [0.29, 0.717) is 6.54 Å². The zero-order valence-electron chi connectivity index (χ0n) is 14.7. The van der Waals surface area contributed by atoms with Crippen LogP contribution in [0.3, 0.4) is 0 Å². The number of carbonyl (C=O) groups excluding carboxylic acids is 1. The molecule has 2 rings (SSSR count). The zero-order valence-corrected chi connectivity index (χ0v) is 14.7. The summed E-state index contributed by atoms with van der Waals surface area (Å²) in [5.41, 5.74) is 6.82. The topological polar surface area (TPSA) is 92.9 Å². The average Bonchev–Trinajstić information content (AvgIpc) is 2.47. The summed E-state index contributed by atoms with van der Waals surface area (Å²) in [7, 11) is 0. The van der Waals surface area contributed by atoms with Crippen molar-refractivity contribution in [3.05, 3.63) is 35.4 Å². The van der Waals surface area contributed by atoms with E-state index < -0.39 is 11.6 Å². The fourth-order valence-electron chi connectivity index (χ4n) is 3.08. The summed E-state index contributed by atoms with van der Waals surface area (Å²) in [5.74, 6) is -0.908. The van der Waals surface area contributed by atoms with Crippen LogP contribution in [0.25, 0.3) is 0 Å². The van der Waals surface area contributed by atoms with E-state index in [1.165, 1.54) is 0 Å². The van der Waals surface area contributed by atoms with E-state index in [-0.39, 0.29) is 29.7 Å². The van der Waals surface area contributed by atoms with Crippen LogP contribution in [0, 0.1) is 0 Å². The Labute approximate surface area is 142 Å². The van der Waals surface area contributed by atoms with Gasteiger partial charge in [-0.05, 0) is 51.8 Å². The molecule has 0 bridgehead atoms. The molecular formula is C18H26N2O4. The Morgan fingerprint density at radius 1 is 1.25 bits per heavy atom. The van der Waals surface area contributed by atoms with Gasteiger partial charge >= 0.3 is 12.1 Å². The molecule has 1 saturated heterocycles. The maximum atomic E-state index is 12.5. The Morgan fingerprint density at radius 3 is 2.33 bits per heavy atom. The van der Waals surface area contributed by atoms with Crippen LogP contribution < -0.4 is 5.73 Å². The summed E-state index contributed by atoms with van der Waals surface area (Å²) < 4.78 is 5.48. The number of nitrogens with zero attached hydrogens (tertiary/aromatic N) is 1. The zero-order chi connectivity index (χ0) is 18.1. The van der Waals surface area contributed by atoms with E-state index in [9.17, 15) is 9.59 Å². The van der Waals surface area contributed by atoms with Gasteiger partial charge in [0.2, 0.25) is 0 Å². The van der Waals surface area contributed by atoms with Gasteiger partial charge in [-0.15, -0.1) is 0 Å². The van der Waals surface area contributed by atoms with Crippen molar-refractivity contribution in [3.8, 4) is 0 Å². The minimum atomic E-state index is -0.953. The van der Waals surface area contributed by atoms with Gasteiger partial charge in [0, 0.05) is 24.5 Å². The minimum Gasteiger partial charge on any atom is -0.478 e. The van der Waals surface area contributed by atoms with Crippen LogP contribution in [0.5, 0.6) is 0 Å². The number of rotatable bonds is 2. The van der Waals surface area contributed by atoms with Crippen molar-refractivity contribution in [1.29, 1.82) is 0 Å². The number of likely N-dealkylation sites (tertiary alicyclic amines) is 1. The monoisotopic (exact) mass is 334 g/mol. The summed E-state index contributed by atoms with van der Waals surface area (Å²) in [6.07, 6.45) is 0.379. The molecule has 0 spiro atoms. The molecule has 0 aromatic heterocycles. The molecule has 1 aromatic carbocycles. The molecule has 3 atom stereocenters. The first-order chi connectivity index (χ1) is 11.1. The summed E-state index contributed by atoms with van der Waals surface area (Å²) in [4.78, 5) is 25.1. The highest BCUT2D eigenvalue weighted by atomic mass is 16.6. The molecule has 0 radical (unpaired) electrons. The second-order valence-corrected chi connectivity index (χ2v) is 7.40. The quantitative estimate of drug-likeness (QED) is 0.867. The molecule has 1 amide bonds. The highest BCUT2D eigenvalue weighted by molar-refractivity contribution is 5.87. The molecule has 1 aliphatic rings. The Kier molecular flexibility index (Phi) is 5.18. The fraction of sp³-hybridized carbons (Fsp3) is 0.556. The molecule has 0 aliphatic carbocycles. The van der Waals surface area contributed by atoms with Crippen LogP contribution in [-0.4, -0.2) is 46.3 Å². The lowest BCUT2D eigenvalue weighted by Gasteiger charge is -2.42. The third kappa shape index (κ3) is 4.26. The van der Waals surface area contributed by atoms with Crippen molar-refractivity contribution in [3.63, 3.8) is 0 Å².